The van der Waals surface area contributed by atoms with Gasteiger partial charge in [0.25, 0.3) is 0 Å². The maximum Gasteiger partial charge on any atom is 0.131 e. The van der Waals surface area contributed by atoms with E-state index >= 15 is 0 Å². The Balaban J connectivity index is 3.50. The van der Waals surface area contributed by atoms with E-state index in [-0.39, 0.29) is 0 Å². The maximum absolute atomic E-state index is 4.11. The quantitative estimate of drug-likeness (QED) is 0.699. The van der Waals surface area contributed by atoms with Crippen molar-refractivity contribution >= 4 is 22.1 Å². The van der Waals surface area contributed by atoms with E-state index in [1.54, 1.807) is 13.2 Å². The van der Waals surface area contributed by atoms with Gasteiger partial charge in [0.2, 0.25) is 0 Å². The van der Waals surface area contributed by atoms with Crippen LogP contribution in [0.1, 0.15) is 5.56 Å². The van der Waals surface area contributed by atoms with E-state index in [2.05, 4.69) is 27.5 Å². The Morgan fingerprint density at radius 2 is 2.33 bits per heavy atom. The third-order valence-corrected chi connectivity index (χ3v) is 2.50. The van der Waals surface area contributed by atoms with E-state index in [1.165, 1.54) is 5.56 Å². The lowest BCUT2D eigenvalue weighted by atomic mass is 10.3. The summed E-state index contributed by atoms with van der Waals surface area (Å²) < 4.78 is 2.94. The standard InChI is InChI=1S/C9H11BrN2/c1-4-12-6-8(10)7(2)5-9(12)11-3/h4-6H,1H2,2-3H3. The van der Waals surface area contributed by atoms with Gasteiger partial charge in [-0.1, -0.05) is 6.58 Å². The highest BCUT2D eigenvalue weighted by Crippen LogP contribution is 2.11. The summed E-state index contributed by atoms with van der Waals surface area (Å²) >= 11 is 3.44. The van der Waals surface area contributed by atoms with Crippen LogP contribution in [0.5, 0.6) is 0 Å². The summed E-state index contributed by atoms with van der Waals surface area (Å²) in [6.45, 7) is 5.73. The minimum Gasteiger partial charge on any atom is -0.308 e. The predicted molar refractivity (Wildman–Crippen MR) is 54.7 cm³/mol. The number of pyridine rings is 1. The molecule has 0 aliphatic rings. The summed E-state index contributed by atoms with van der Waals surface area (Å²) in [6.07, 6.45) is 3.68. The number of nitrogens with zero attached hydrogens (tertiary/aromatic N) is 2. The van der Waals surface area contributed by atoms with Gasteiger partial charge in [-0.05, 0) is 34.5 Å². The van der Waals surface area contributed by atoms with Crippen LogP contribution in [0.3, 0.4) is 0 Å². The fraction of sp³-hybridized carbons (Fsp3) is 0.222. The molecule has 0 unspecified atom stereocenters. The molecule has 0 amide bonds. The van der Waals surface area contributed by atoms with E-state index in [1.807, 2.05) is 23.8 Å². The summed E-state index contributed by atoms with van der Waals surface area (Å²) in [5, 5.41) is 0. The SMILES string of the molecule is C=Cn1cc(Br)c(C)cc1=NC. The van der Waals surface area contributed by atoms with Crippen molar-refractivity contribution in [3.8, 4) is 0 Å². The molecule has 0 spiro atoms. The second kappa shape index (κ2) is 3.72. The smallest absolute Gasteiger partial charge is 0.131 e. The van der Waals surface area contributed by atoms with Crippen molar-refractivity contribution < 1.29 is 0 Å². The van der Waals surface area contributed by atoms with E-state index in [9.17, 15) is 0 Å². The Bertz CT molecular complexity index is 363. The Morgan fingerprint density at radius 1 is 1.67 bits per heavy atom. The van der Waals surface area contributed by atoms with Crippen molar-refractivity contribution in [2.45, 2.75) is 6.92 Å². The Kier molecular flexibility index (Phi) is 2.87. The first-order valence-electron chi connectivity index (χ1n) is 3.62. The van der Waals surface area contributed by atoms with Gasteiger partial charge >= 0.3 is 0 Å². The highest BCUT2D eigenvalue weighted by atomic mass is 79.9. The van der Waals surface area contributed by atoms with Gasteiger partial charge in [0, 0.05) is 23.9 Å². The molecule has 1 aromatic heterocycles. The van der Waals surface area contributed by atoms with E-state index in [0.717, 1.165) is 9.96 Å². The second-order valence-electron chi connectivity index (χ2n) is 2.48. The van der Waals surface area contributed by atoms with E-state index in [0.29, 0.717) is 0 Å². The summed E-state index contributed by atoms with van der Waals surface area (Å²) in [7, 11) is 1.77. The van der Waals surface area contributed by atoms with Crippen LogP contribution in [0.4, 0.5) is 0 Å². The summed E-state index contributed by atoms with van der Waals surface area (Å²) in [4.78, 5) is 4.11. The van der Waals surface area contributed by atoms with Crippen LogP contribution in [0.25, 0.3) is 6.20 Å². The van der Waals surface area contributed by atoms with Gasteiger partial charge in [-0.25, -0.2) is 0 Å². The molecule has 0 bridgehead atoms. The van der Waals surface area contributed by atoms with Crippen LogP contribution in [0, 0.1) is 6.92 Å². The van der Waals surface area contributed by atoms with Crippen LogP contribution in [-0.4, -0.2) is 11.6 Å². The fourth-order valence-corrected chi connectivity index (χ4v) is 1.29. The second-order valence-corrected chi connectivity index (χ2v) is 3.33. The fourth-order valence-electron chi connectivity index (χ4n) is 0.953. The van der Waals surface area contributed by atoms with Crippen molar-refractivity contribution in [1.82, 2.24) is 4.57 Å². The molecule has 1 heterocycles. The topological polar surface area (TPSA) is 17.3 Å². The number of hydrogen-bond acceptors (Lipinski definition) is 1. The Morgan fingerprint density at radius 3 is 2.83 bits per heavy atom. The summed E-state index contributed by atoms with van der Waals surface area (Å²) in [6, 6.07) is 2.01. The molecule has 1 aromatic rings. The molecule has 0 aliphatic carbocycles. The minimum atomic E-state index is 0.908. The molecule has 0 radical (unpaired) electrons. The van der Waals surface area contributed by atoms with Crippen molar-refractivity contribution in [1.29, 1.82) is 0 Å². The summed E-state index contributed by atoms with van der Waals surface area (Å²) in [5.74, 6) is 0. The van der Waals surface area contributed by atoms with Gasteiger partial charge in [-0.3, -0.25) is 4.99 Å². The van der Waals surface area contributed by atoms with Crippen LogP contribution >= 0.6 is 15.9 Å². The Labute approximate surface area is 80.4 Å². The van der Waals surface area contributed by atoms with Gasteiger partial charge in [-0.2, -0.15) is 0 Å². The van der Waals surface area contributed by atoms with Crippen LogP contribution in [0.2, 0.25) is 0 Å². The molecular weight excluding hydrogens is 216 g/mol. The lowest BCUT2D eigenvalue weighted by molar-refractivity contribution is 0.976. The molecule has 0 N–H and O–H groups in total. The molecule has 0 fully saturated rings. The number of aromatic nitrogens is 1. The molecule has 0 saturated carbocycles. The number of aryl methyl sites for hydroxylation is 1. The molecule has 2 nitrogen and oxygen atoms in total. The lowest BCUT2D eigenvalue weighted by Gasteiger charge is -2.03. The highest BCUT2D eigenvalue weighted by Gasteiger charge is 1.95. The molecule has 0 atom stereocenters. The molecule has 0 aromatic carbocycles. The number of rotatable bonds is 1. The minimum absolute atomic E-state index is 0.908. The molecule has 12 heavy (non-hydrogen) atoms. The zero-order valence-corrected chi connectivity index (χ0v) is 8.80. The molecule has 0 saturated heterocycles. The first-order chi connectivity index (χ1) is 5.69. The van der Waals surface area contributed by atoms with Gasteiger partial charge in [0.15, 0.2) is 0 Å². The van der Waals surface area contributed by atoms with Crippen molar-refractivity contribution in [2.75, 3.05) is 7.05 Å². The molecule has 1 rings (SSSR count). The van der Waals surface area contributed by atoms with Crippen molar-refractivity contribution in [3.63, 3.8) is 0 Å². The Hall–Kier alpha value is -0.830. The third-order valence-electron chi connectivity index (χ3n) is 1.67. The number of hydrogen-bond donors (Lipinski definition) is 0. The lowest BCUT2D eigenvalue weighted by Crippen LogP contribution is -2.15. The van der Waals surface area contributed by atoms with Gasteiger partial charge < -0.3 is 4.57 Å². The molecular formula is C9H11BrN2. The van der Waals surface area contributed by atoms with Gasteiger partial charge in [0.05, 0.1) is 0 Å². The predicted octanol–water partition coefficient (Wildman–Crippen LogP) is 2.19. The first-order valence-corrected chi connectivity index (χ1v) is 4.42. The average molecular weight is 227 g/mol. The van der Waals surface area contributed by atoms with E-state index in [4.69, 9.17) is 0 Å². The van der Waals surface area contributed by atoms with Crippen molar-refractivity contribution in [3.05, 3.63) is 34.4 Å². The van der Waals surface area contributed by atoms with Crippen LogP contribution in [0.15, 0.2) is 28.3 Å². The number of halogens is 1. The molecule has 0 aliphatic heterocycles. The molecule has 3 heteroatoms. The van der Waals surface area contributed by atoms with Crippen molar-refractivity contribution in [2.24, 2.45) is 4.99 Å². The molecule has 64 valence electrons. The monoisotopic (exact) mass is 226 g/mol. The van der Waals surface area contributed by atoms with E-state index < -0.39 is 0 Å². The zero-order chi connectivity index (χ0) is 9.14. The summed E-state index contributed by atoms with van der Waals surface area (Å²) in [5.41, 5.74) is 2.08. The zero-order valence-electron chi connectivity index (χ0n) is 7.21. The largest absolute Gasteiger partial charge is 0.308 e. The van der Waals surface area contributed by atoms with Gasteiger partial charge in [0.1, 0.15) is 5.49 Å². The maximum atomic E-state index is 4.11. The van der Waals surface area contributed by atoms with Crippen LogP contribution < -0.4 is 5.49 Å². The highest BCUT2D eigenvalue weighted by molar-refractivity contribution is 9.10. The van der Waals surface area contributed by atoms with Gasteiger partial charge in [-0.15, -0.1) is 0 Å². The normalized spacial score (nSPS) is 11.8. The average Bonchev–Trinajstić information content (AvgIpc) is 2.09. The first kappa shape index (κ1) is 9.26. The third kappa shape index (κ3) is 1.67. The van der Waals surface area contributed by atoms with Crippen LogP contribution in [-0.2, 0) is 0 Å².